The van der Waals surface area contributed by atoms with Gasteiger partial charge in [-0.1, -0.05) is 30.7 Å². The summed E-state index contributed by atoms with van der Waals surface area (Å²) in [5.74, 6) is -0.371. The molecular formula is C20H24N2O2. The van der Waals surface area contributed by atoms with Crippen LogP contribution in [0.5, 0.6) is 0 Å². The molecule has 0 unspecified atom stereocenters. The fourth-order valence-corrected chi connectivity index (χ4v) is 2.71. The molecule has 0 heterocycles. The molecule has 0 aliphatic heterocycles. The normalized spacial score (nSPS) is 10.3. The lowest BCUT2D eigenvalue weighted by atomic mass is 10.0. The molecule has 0 radical (unpaired) electrons. The predicted molar refractivity (Wildman–Crippen MR) is 97.7 cm³/mol. The van der Waals surface area contributed by atoms with Crippen molar-refractivity contribution in [2.24, 2.45) is 0 Å². The molecule has 2 aromatic carbocycles. The Morgan fingerprint density at radius 2 is 1.50 bits per heavy atom. The Hall–Kier alpha value is -2.62. The maximum atomic E-state index is 12.5. The molecule has 0 bridgehead atoms. The summed E-state index contributed by atoms with van der Waals surface area (Å²) in [6, 6.07) is 10.9. The molecule has 2 aromatic rings. The Morgan fingerprint density at radius 1 is 0.917 bits per heavy atom. The van der Waals surface area contributed by atoms with Crippen LogP contribution in [0.4, 0.5) is 5.69 Å². The van der Waals surface area contributed by atoms with Crippen molar-refractivity contribution >= 4 is 17.5 Å². The van der Waals surface area contributed by atoms with Crippen LogP contribution in [0.2, 0.25) is 0 Å². The van der Waals surface area contributed by atoms with Crippen molar-refractivity contribution in [2.45, 2.75) is 34.1 Å². The smallest absolute Gasteiger partial charge is 0.255 e. The number of nitrogens with one attached hydrogen (secondary N) is 2. The number of aryl methyl sites for hydroxylation is 3. The van der Waals surface area contributed by atoms with Crippen molar-refractivity contribution in [1.29, 1.82) is 0 Å². The molecule has 24 heavy (non-hydrogen) atoms. The van der Waals surface area contributed by atoms with Crippen LogP contribution in [-0.4, -0.2) is 18.4 Å². The first kappa shape index (κ1) is 17.7. The van der Waals surface area contributed by atoms with Crippen molar-refractivity contribution in [1.82, 2.24) is 5.32 Å². The van der Waals surface area contributed by atoms with Gasteiger partial charge in [0.05, 0.1) is 0 Å². The fraction of sp³-hybridized carbons (Fsp3) is 0.300. The molecule has 2 N–H and O–H groups in total. The molecule has 0 aliphatic rings. The highest BCUT2D eigenvalue weighted by atomic mass is 16.2. The Morgan fingerprint density at radius 3 is 2.08 bits per heavy atom. The number of rotatable bonds is 5. The third-order valence-corrected chi connectivity index (χ3v) is 3.84. The van der Waals surface area contributed by atoms with Gasteiger partial charge in [-0.15, -0.1) is 0 Å². The van der Waals surface area contributed by atoms with Gasteiger partial charge in [0.25, 0.3) is 11.8 Å². The highest BCUT2D eigenvalue weighted by molar-refractivity contribution is 6.06. The molecule has 2 amide bonds. The molecule has 0 saturated heterocycles. The number of carbonyl (C=O) groups excluding carboxylic acids is 2. The van der Waals surface area contributed by atoms with E-state index in [4.69, 9.17) is 0 Å². The van der Waals surface area contributed by atoms with E-state index in [1.54, 1.807) is 24.3 Å². The number of hydrogen-bond acceptors (Lipinski definition) is 2. The van der Waals surface area contributed by atoms with Crippen LogP contribution in [0.3, 0.4) is 0 Å². The van der Waals surface area contributed by atoms with E-state index < -0.39 is 0 Å². The Balaban J connectivity index is 2.20. The van der Waals surface area contributed by atoms with Gasteiger partial charge in [0.15, 0.2) is 0 Å². The van der Waals surface area contributed by atoms with E-state index in [1.165, 1.54) is 0 Å². The highest BCUT2D eigenvalue weighted by Gasteiger charge is 2.12. The summed E-state index contributed by atoms with van der Waals surface area (Å²) in [4.78, 5) is 24.6. The average molecular weight is 324 g/mol. The van der Waals surface area contributed by atoms with E-state index in [9.17, 15) is 9.59 Å². The molecule has 0 saturated carbocycles. The summed E-state index contributed by atoms with van der Waals surface area (Å²) in [6.07, 6.45) is 0.873. The highest BCUT2D eigenvalue weighted by Crippen LogP contribution is 2.22. The van der Waals surface area contributed by atoms with E-state index in [2.05, 4.69) is 10.6 Å². The Kier molecular flexibility index (Phi) is 5.74. The maximum Gasteiger partial charge on any atom is 0.255 e. The SMILES string of the molecule is CCCNC(=O)c1cccc(C(=O)Nc2c(C)cc(C)cc2C)c1. The van der Waals surface area contributed by atoms with E-state index in [-0.39, 0.29) is 11.8 Å². The van der Waals surface area contributed by atoms with Gasteiger partial charge in [0.2, 0.25) is 0 Å². The van der Waals surface area contributed by atoms with Gasteiger partial charge in [-0.05, 0) is 56.5 Å². The topological polar surface area (TPSA) is 58.2 Å². The second kappa shape index (κ2) is 7.77. The molecule has 0 fully saturated rings. The first-order valence-corrected chi connectivity index (χ1v) is 8.19. The number of amides is 2. The molecule has 4 nitrogen and oxygen atoms in total. The largest absolute Gasteiger partial charge is 0.352 e. The number of benzene rings is 2. The monoisotopic (exact) mass is 324 g/mol. The third-order valence-electron chi connectivity index (χ3n) is 3.84. The summed E-state index contributed by atoms with van der Waals surface area (Å²) < 4.78 is 0. The lowest BCUT2D eigenvalue weighted by molar-refractivity contribution is 0.0953. The number of hydrogen-bond donors (Lipinski definition) is 2. The van der Waals surface area contributed by atoms with E-state index >= 15 is 0 Å². The summed E-state index contributed by atoms with van der Waals surface area (Å²) in [5, 5.41) is 5.78. The minimum absolute atomic E-state index is 0.158. The van der Waals surface area contributed by atoms with Crippen LogP contribution >= 0.6 is 0 Å². The zero-order chi connectivity index (χ0) is 17.7. The van der Waals surface area contributed by atoms with Crippen molar-refractivity contribution in [3.05, 3.63) is 64.2 Å². The molecule has 0 spiro atoms. The lowest BCUT2D eigenvalue weighted by Gasteiger charge is -2.13. The van der Waals surface area contributed by atoms with Crippen LogP contribution in [0, 0.1) is 20.8 Å². The van der Waals surface area contributed by atoms with Crippen molar-refractivity contribution < 1.29 is 9.59 Å². The van der Waals surface area contributed by atoms with Crippen LogP contribution in [0.25, 0.3) is 0 Å². The molecule has 4 heteroatoms. The average Bonchev–Trinajstić information content (AvgIpc) is 2.55. The summed E-state index contributed by atoms with van der Waals surface area (Å²) in [7, 11) is 0. The molecule has 2 rings (SSSR count). The van der Waals surface area contributed by atoms with Crippen LogP contribution < -0.4 is 10.6 Å². The number of anilines is 1. The van der Waals surface area contributed by atoms with Gasteiger partial charge in [0, 0.05) is 23.4 Å². The Bertz CT molecular complexity index is 743. The number of carbonyl (C=O) groups is 2. The zero-order valence-electron chi connectivity index (χ0n) is 14.7. The fourth-order valence-electron chi connectivity index (χ4n) is 2.71. The van der Waals surface area contributed by atoms with E-state index in [0.29, 0.717) is 17.7 Å². The summed E-state index contributed by atoms with van der Waals surface area (Å²) in [6.45, 7) is 8.60. The third kappa shape index (κ3) is 4.22. The minimum Gasteiger partial charge on any atom is -0.352 e. The molecular weight excluding hydrogens is 300 g/mol. The standard InChI is InChI=1S/C20H24N2O2/c1-5-9-21-19(23)16-7-6-8-17(12-16)20(24)22-18-14(3)10-13(2)11-15(18)4/h6-8,10-12H,5,9H2,1-4H3,(H,21,23)(H,22,24). The van der Waals surface area contributed by atoms with Crippen LogP contribution in [0.15, 0.2) is 36.4 Å². The van der Waals surface area contributed by atoms with Crippen molar-refractivity contribution in [3.63, 3.8) is 0 Å². The first-order chi connectivity index (χ1) is 11.4. The lowest BCUT2D eigenvalue weighted by Crippen LogP contribution is -2.24. The molecule has 0 aliphatic carbocycles. The summed E-state index contributed by atoms with van der Waals surface area (Å²) >= 11 is 0. The van der Waals surface area contributed by atoms with Crippen LogP contribution in [-0.2, 0) is 0 Å². The van der Waals surface area contributed by atoms with E-state index in [1.807, 2.05) is 39.8 Å². The zero-order valence-corrected chi connectivity index (χ0v) is 14.7. The second-order valence-electron chi connectivity index (χ2n) is 6.06. The second-order valence-corrected chi connectivity index (χ2v) is 6.06. The molecule has 0 aromatic heterocycles. The molecule has 0 atom stereocenters. The first-order valence-electron chi connectivity index (χ1n) is 8.19. The predicted octanol–water partition coefficient (Wildman–Crippen LogP) is 4.00. The summed E-state index contributed by atoms with van der Waals surface area (Å²) in [5.41, 5.74) is 5.01. The van der Waals surface area contributed by atoms with Gasteiger partial charge in [-0.25, -0.2) is 0 Å². The van der Waals surface area contributed by atoms with E-state index in [0.717, 1.165) is 28.8 Å². The van der Waals surface area contributed by atoms with Crippen molar-refractivity contribution in [2.75, 3.05) is 11.9 Å². The minimum atomic E-state index is -0.213. The maximum absolute atomic E-state index is 12.5. The molecule has 126 valence electrons. The van der Waals surface area contributed by atoms with Gasteiger partial charge in [-0.2, -0.15) is 0 Å². The van der Waals surface area contributed by atoms with Gasteiger partial charge >= 0.3 is 0 Å². The van der Waals surface area contributed by atoms with Gasteiger partial charge in [0.1, 0.15) is 0 Å². The Labute approximate surface area is 143 Å². The van der Waals surface area contributed by atoms with Crippen molar-refractivity contribution in [3.8, 4) is 0 Å². The van der Waals surface area contributed by atoms with Gasteiger partial charge < -0.3 is 10.6 Å². The van der Waals surface area contributed by atoms with Crippen LogP contribution in [0.1, 0.15) is 50.8 Å². The van der Waals surface area contributed by atoms with Gasteiger partial charge in [-0.3, -0.25) is 9.59 Å². The quantitative estimate of drug-likeness (QED) is 0.873.